The lowest BCUT2D eigenvalue weighted by atomic mass is 9.86. The van der Waals surface area contributed by atoms with Crippen LogP contribution in [-0.4, -0.2) is 32.8 Å². The predicted molar refractivity (Wildman–Crippen MR) is 105 cm³/mol. The zero-order valence-electron chi connectivity index (χ0n) is 16.1. The van der Waals surface area contributed by atoms with E-state index in [0.717, 1.165) is 43.2 Å². The molecule has 0 atom stereocenters. The predicted octanol–water partition coefficient (Wildman–Crippen LogP) is 4.07. The number of nitrogens with zero attached hydrogens (tertiary/aromatic N) is 4. The number of alkyl halides is 3. The van der Waals surface area contributed by atoms with Gasteiger partial charge in [0, 0.05) is 31.4 Å². The number of anilines is 1. The van der Waals surface area contributed by atoms with Gasteiger partial charge in [-0.25, -0.2) is 9.67 Å². The molecule has 1 saturated carbocycles. The average molecular weight is 404 g/mol. The van der Waals surface area contributed by atoms with Crippen LogP contribution in [0, 0.1) is 5.92 Å². The van der Waals surface area contributed by atoms with Crippen LogP contribution in [0.5, 0.6) is 0 Å². The normalized spacial score (nSPS) is 20.2. The van der Waals surface area contributed by atoms with Crippen LogP contribution < -0.4 is 11.1 Å². The van der Waals surface area contributed by atoms with Crippen LogP contribution in [0.3, 0.4) is 0 Å². The number of benzene rings is 1. The van der Waals surface area contributed by atoms with Gasteiger partial charge >= 0.3 is 6.18 Å². The summed E-state index contributed by atoms with van der Waals surface area (Å²) in [7, 11) is 1.74. The molecule has 0 saturated heterocycles. The fraction of sp³-hybridized carbons (Fsp3) is 0.450. The van der Waals surface area contributed by atoms with Crippen LogP contribution in [0.25, 0.3) is 22.3 Å². The molecule has 1 aliphatic rings. The van der Waals surface area contributed by atoms with E-state index in [1.807, 2.05) is 4.68 Å². The second kappa shape index (κ2) is 7.62. The summed E-state index contributed by atoms with van der Waals surface area (Å²) in [6, 6.07) is 5.31. The van der Waals surface area contributed by atoms with Crippen molar-refractivity contribution in [1.82, 2.24) is 19.7 Å². The third-order valence-electron chi connectivity index (χ3n) is 5.52. The number of hydrogen-bond donors (Lipinski definition) is 2. The fourth-order valence-corrected chi connectivity index (χ4v) is 3.85. The minimum atomic E-state index is -4.37. The maximum absolute atomic E-state index is 12.9. The zero-order chi connectivity index (χ0) is 20.6. The van der Waals surface area contributed by atoms with Crippen molar-refractivity contribution in [3.05, 3.63) is 36.0 Å². The molecule has 0 bridgehead atoms. The maximum atomic E-state index is 12.9. The molecule has 6 nitrogen and oxygen atoms in total. The lowest BCUT2D eigenvalue weighted by Gasteiger charge is -2.25. The Morgan fingerprint density at radius 3 is 2.45 bits per heavy atom. The van der Waals surface area contributed by atoms with Gasteiger partial charge in [-0.1, -0.05) is 12.1 Å². The first kappa shape index (κ1) is 19.6. The standard InChI is InChI=1S/C20H23F3N6/c1-25-19-26-10-16-17(13-4-6-14(7-5-13)20(21,22)23)28-29(18(16)27-19)11-12-2-8-15(24)9-3-12/h4-7,10,12,15H,2-3,8-9,11,24H2,1H3,(H,25,26,27). The van der Waals surface area contributed by atoms with E-state index in [4.69, 9.17) is 10.8 Å². The van der Waals surface area contributed by atoms with Gasteiger partial charge in [0.15, 0.2) is 5.65 Å². The number of nitrogens with one attached hydrogen (secondary N) is 1. The first-order valence-corrected chi connectivity index (χ1v) is 9.69. The lowest BCUT2D eigenvalue weighted by Crippen LogP contribution is -2.28. The quantitative estimate of drug-likeness (QED) is 0.685. The Labute approximate surface area is 166 Å². The van der Waals surface area contributed by atoms with Gasteiger partial charge in [0.1, 0.15) is 5.69 Å². The van der Waals surface area contributed by atoms with Crippen molar-refractivity contribution in [2.75, 3.05) is 12.4 Å². The number of hydrogen-bond acceptors (Lipinski definition) is 5. The van der Waals surface area contributed by atoms with E-state index in [9.17, 15) is 13.2 Å². The highest BCUT2D eigenvalue weighted by atomic mass is 19.4. The summed E-state index contributed by atoms with van der Waals surface area (Å²) in [5, 5.41) is 8.36. The smallest absolute Gasteiger partial charge is 0.357 e. The van der Waals surface area contributed by atoms with Crippen molar-refractivity contribution in [1.29, 1.82) is 0 Å². The maximum Gasteiger partial charge on any atom is 0.416 e. The van der Waals surface area contributed by atoms with E-state index in [0.29, 0.717) is 35.3 Å². The molecule has 2 heterocycles. The topological polar surface area (TPSA) is 81.7 Å². The molecule has 154 valence electrons. The average Bonchev–Trinajstić information content (AvgIpc) is 3.07. The van der Waals surface area contributed by atoms with Crippen molar-refractivity contribution in [3.8, 4) is 11.3 Å². The third-order valence-corrected chi connectivity index (χ3v) is 5.52. The van der Waals surface area contributed by atoms with Gasteiger partial charge in [-0.2, -0.15) is 23.3 Å². The van der Waals surface area contributed by atoms with Crippen LogP contribution >= 0.6 is 0 Å². The second-order valence-electron chi connectivity index (χ2n) is 7.57. The number of nitrogens with two attached hydrogens (primary N) is 1. The third kappa shape index (κ3) is 4.05. The molecule has 0 radical (unpaired) electrons. The Balaban J connectivity index is 1.72. The van der Waals surface area contributed by atoms with Gasteiger partial charge < -0.3 is 11.1 Å². The van der Waals surface area contributed by atoms with Crippen molar-refractivity contribution in [3.63, 3.8) is 0 Å². The first-order chi connectivity index (χ1) is 13.8. The summed E-state index contributed by atoms with van der Waals surface area (Å²) in [4.78, 5) is 8.82. The summed E-state index contributed by atoms with van der Waals surface area (Å²) >= 11 is 0. The van der Waals surface area contributed by atoms with Crippen LogP contribution in [0.15, 0.2) is 30.5 Å². The van der Waals surface area contributed by atoms with E-state index in [2.05, 4.69) is 15.3 Å². The van der Waals surface area contributed by atoms with Gasteiger partial charge in [-0.15, -0.1) is 0 Å². The summed E-state index contributed by atoms with van der Waals surface area (Å²) in [6.07, 6.45) is 1.34. The van der Waals surface area contributed by atoms with Gasteiger partial charge in [-0.3, -0.25) is 0 Å². The van der Waals surface area contributed by atoms with E-state index < -0.39 is 11.7 Å². The molecule has 1 aromatic carbocycles. The zero-order valence-corrected chi connectivity index (χ0v) is 16.1. The number of halogens is 3. The van der Waals surface area contributed by atoms with Crippen molar-refractivity contribution >= 4 is 17.0 Å². The molecule has 29 heavy (non-hydrogen) atoms. The van der Waals surface area contributed by atoms with Gasteiger partial charge in [-0.05, 0) is 43.7 Å². The fourth-order valence-electron chi connectivity index (χ4n) is 3.85. The van der Waals surface area contributed by atoms with E-state index in [1.165, 1.54) is 12.1 Å². The number of fused-ring (bicyclic) bond motifs is 1. The largest absolute Gasteiger partial charge is 0.416 e. The van der Waals surface area contributed by atoms with E-state index in [-0.39, 0.29) is 6.04 Å². The van der Waals surface area contributed by atoms with E-state index >= 15 is 0 Å². The lowest BCUT2D eigenvalue weighted by molar-refractivity contribution is -0.137. The number of aromatic nitrogens is 4. The Morgan fingerprint density at radius 2 is 1.83 bits per heavy atom. The highest BCUT2D eigenvalue weighted by Gasteiger charge is 2.30. The Bertz CT molecular complexity index is 988. The molecular formula is C20H23F3N6. The van der Waals surface area contributed by atoms with Gasteiger partial charge in [0.25, 0.3) is 0 Å². The molecule has 3 aromatic rings. The summed E-state index contributed by atoms with van der Waals surface area (Å²) in [6.45, 7) is 0.698. The minimum absolute atomic E-state index is 0.265. The van der Waals surface area contributed by atoms with Crippen LogP contribution in [0.1, 0.15) is 31.2 Å². The molecule has 0 amide bonds. The highest BCUT2D eigenvalue weighted by molar-refractivity contribution is 5.91. The minimum Gasteiger partial charge on any atom is -0.357 e. The number of rotatable bonds is 4. The summed E-state index contributed by atoms with van der Waals surface area (Å²) in [5.41, 5.74) is 7.19. The molecule has 0 aliphatic heterocycles. The van der Waals surface area contributed by atoms with Crippen LogP contribution in [0.4, 0.5) is 19.1 Å². The molecular weight excluding hydrogens is 381 g/mol. The molecule has 9 heteroatoms. The molecule has 0 unspecified atom stereocenters. The molecule has 4 rings (SSSR count). The molecule has 2 aromatic heterocycles. The molecule has 1 fully saturated rings. The molecule has 0 spiro atoms. The summed E-state index contributed by atoms with van der Waals surface area (Å²) < 4.78 is 40.5. The van der Waals surface area contributed by atoms with Crippen LogP contribution in [0.2, 0.25) is 0 Å². The molecule has 1 aliphatic carbocycles. The first-order valence-electron chi connectivity index (χ1n) is 9.69. The monoisotopic (exact) mass is 404 g/mol. The van der Waals surface area contributed by atoms with Gasteiger partial charge in [0.05, 0.1) is 10.9 Å². The molecule has 3 N–H and O–H groups in total. The highest BCUT2D eigenvalue weighted by Crippen LogP contribution is 2.33. The summed E-state index contributed by atoms with van der Waals surface area (Å²) in [5.74, 6) is 0.926. The van der Waals surface area contributed by atoms with Crippen molar-refractivity contribution in [2.45, 2.75) is 44.4 Å². The Morgan fingerprint density at radius 1 is 1.14 bits per heavy atom. The van der Waals surface area contributed by atoms with Crippen molar-refractivity contribution in [2.24, 2.45) is 11.7 Å². The van der Waals surface area contributed by atoms with Crippen LogP contribution in [-0.2, 0) is 12.7 Å². The van der Waals surface area contributed by atoms with Crippen molar-refractivity contribution < 1.29 is 13.2 Å². The second-order valence-corrected chi connectivity index (χ2v) is 7.57. The van der Waals surface area contributed by atoms with E-state index in [1.54, 1.807) is 13.2 Å². The SMILES string of the molecule is CNc1ncc2c(-c3ccc(C(F)(F)F)cc3)nn(CC3CCC(N)CC3)c2n1. The van der Waals surface area contributed by atoms with Gasteiger partial charge in [0.2, 0.25) is 5.95 Å². The Hall–Kier alpha value is -2.68. The Kier molecular flexibility index (Phi) is 5.16.